The zero-order valence-electron chi connectivity index (χ0n) is 16.5. The van der Waals surface area contributed by atoms with E-state index in [0.29, 0.717) is 18.4 Å². The summed E-state index contributed by atoms with van der Waals surface area (Å²) in [4.78, 5) is 26.8. The number of halogens is 2. The number of rotatable bonds is 6. The number of amides is 2. The first-order chi connectivity index (χ1) is 13.8. The number of ether oxygens (including phenoxy) is 1. The Morgan fingerprint density at radius 1 is 1.17 bits per heavy atom. The van der Waals surface area contributed by atoms with Crippen LogP contribution in [0, 0.1) is 25.5 Å². The molecule has 0 unspecified atom stereocenters. The summed E-state index contributed by atoms with van der Waals surface area (Å²) < 4.78 is 32.7. The average Bonchev–Trinajstić information content (AvgIpc) is 3.16. The summed E-state index contributed by atoms with van der Waals surface area (Å²) in [5, 5.41) is 2.81. The van der Waals surface area contributed by atoms with Crippen LogP contribution < -0.4 is 5.32 Å². The molecule has 2 amide bonds. The van der Waals surface area contributed by atoms with Gasteiger partial charge in [0.05, 0.1) is 6.10 Å². The molecule has 1 aliphatic rings. The Morgan fingerprint density at radius 2 is 1.90 bits per heavy atom. The molecule has 0 aliphatic carbocycles. The fourth-order valence-electron chi connectivity index (χ4n) is 3.36. The number of nitrogens with zero attached hydrogens (tertiary/aromatic N) is 1. The summed E-state index contributed by atoms with van der Waals surface area (Å²) in [6.45, 7) is 4.36. The van der Waals surface area contributed by atoms with E-state index >= 15 is 0 Å². The number of hydrogen-bond donors (Lipinski definition) is 1. The highest BCUT2D eigenvalue weighted by atomic mass is 19.1. The molecule has 1 fully saturated rings. The minimum atomic E-state index is -0.842. The Labute approximate surface area is 168 Å². The van der Waals surface area contributed by atoms with Crippen molar-refractivity contribution < 1.29 is 23.1 Å². The highest BCUT2D eigenvalue weighted by Crippen LogP contribution is 2.19. The van der Waals surface area contributed by atoms with Crippen LogP contribution in [0.5, 0.6) is 0 Å². The van der Waals surface area contributed by atoms with Crippen LogP contribution in [0.15, 0.2) is 36.4 Å². The third-order valence-electron chi connectivity index (χ3n) is 5.06. The summed E-state index contributed by atoms with van der Waals surface area (Å²) in [6.07, 6.45) is 1.43. The van der Waals surface area contributed by atoms with Gasteiger partial charge < -0.3 is 15.0 Å². The van der Waals surface area contributed by atoms with Crippen LogP contribution in [-0.2, 0) is 9.53 Å². The summed E-state index contributed by atoms with van der Waals surface area (Å²) in [5.74, 6) is -2.69. The zero-order chi connectivity index (χ0) is 21.0. The molecule has 154 valence electrons. The van der Waals surface area contributed by atoms with E-state index < -0.39 is 17.5 Å². The van der Waals surface area contributed by atoms with E-state index in [4.69, 9.17) is 4.74 Å². The third kappa shape index (κ3) is 5.38. The van der Waals surface area contributed by atoms with Crippen molar-refractivity contribution in [3.8, 4) is 0 Å². The number of benzene rings is 2. The van der Waals surface area contributed by atoms with Crippen molar-refractivity contribution >= 4 is 17.5 Å². The number of nitrogens with one attached hydrogen (secondary N) is 1. The first kappa shape index (κ1) is 20.9. The quantitative estimate of drug-likeness (QED) is 0.799. The Hall–Kier alpha value is -2.80. The predicted octanol–water partition coefficient (Wildman–Crippen LogP) is 3.84. The van der Waals surface area contributed by atoms with Crippen LogP contribution in [0.25, 0.3) is 0 Å². The molecule has 0 spiro atoms. The minimum absolute atomic E-state index is 0.139. The SMILES string of the molecule is Cc1cccc(NC(=O)CN(C[C@@H]2CCCO2)C(=O)c2cc(F)cc(F)c2)c1C. The largest absolute Gasteiger partial charge is 0.376 e. The number of carbonyl (C=O) groups is 2. The van der Waals surface area contributed by atoms with Crippen molar-refractivity contribution in [2.45, 2.75) is 32.8 Å². The van der Waals surface area contributed by atoms with Gasteiger partial charge in [0.1, 0.15) is 18.2 Å². The molecular formula is C22H24F2N2O3. The normalized spacial score (nSPS) is 15.9. The van der Waals surface area contributed by atoms with Crippen molar-refractivity contribution in [2.24, 2.45) is 0 Å². The van der Waals surface area contributed by atoms with Gasteiger partial charge in [-0.3, -0.25) is 9.59 Å². The van der Waals surface area contributed by atoms with Crippen LogP contribution in [0.4, 0.5) is 14.5 Å². The highest BCUT2D eigenvalue weighted by molar-refractivity contribution is 5.99. The van der Waals surface area contributed by atoms with Gasteiger partial charge in [-0.05, 0) is 56.0 Å². The van der Waals surface area contributed by atoms with Crippen LogP contribution in [0.2, 0.25) is 0 Å². The molecular weight excluding hydrogens is 378 g/mol. The molecule has 2 aromatic rings. The molecule has 3 rings (SSSR count). The Morgan fingerprint density at radius 3 is 2.55 bits per heavy atom. The van der Waals surface area contributed by atoms with Gasteiger partial charge in [-0.15, -0.1) is 0 Å². The molecule has 1 N–H and O–H groups in total. The lowest BCUT2D eigenvalue weighted by molar-refractivity contribution is -0.117. The Bertz CT molecular complexity index is 891. The van der Waals surface area contributed by atoms with E-state index in [1.165, 1.54) is 4.90 Å². The lowest BCUT2D eigenvalue weighted by atomic mass is 10.1. The topological polar surface area (TPSA) is 58.6 Å². The molecule has 1 aliphatic heterocycles. The van der Waals surface area contributed by atoms with Gasteiger partial charge in [0, 0.05) is 30.5 Å². The second-order valence-corrected chi connectivity index (χ2v) is 7.27. The van der Waals surface area contributed by atoms with Crippen LogP contribution in [0.3, 0.4) is 0 Å². The molecule has 2 aromatic carbocycles. The molecule has 0 bridgehead atoms. The molecule has 1 saturated heterocycles. The van der Waals surface area contributed by atoms with Gasteiger partial charge in [0.2, 0.25) is 5.91 Å². The van der Waals surface area contributed by atoms with Crippen molar-refractivity contribution in [2.75, 3.05) is 25.0 Å². The Kier molecular flexibility index (Phi) is 6.59. The summed E-state index contributed by atoms with van der Waals surface area (Å²) in [7, 11) is 0. The molecule has 7 heteroatoms. The molecule has 5 nitrogen and oxygen atoms in total. The fraction of sp³-hybridized carbons (Fsp3) is 0.364. The monoisotopic (exact) mass is 402 g/mol. The summed E-state index contributed by atoms with van der Waals surface area (Å²) in [6, 6.07) is 8.20. The second kappa shape index (κ2) is 9.13. The molecule has 0 saturated carbocycles. The highest BCUT2D eigenvalue weighted by Gasteiger charge is 2.26. The Balaban J connectivity index is 1.78. The third-order valence-corrected chi connectivity index (χ3v) is 5.06. The van der Waals surface area contributed by atoms with Gasteiger partial charge in [0.15, 0.2) is 0 Å². The van der Waals surface area contributed by atoms with E-state index in [-0.39, 0.29) is 30.7 Å². The summed E-state index contributed by atoms with van der Waals surface area (Å²) >= 11 is 0. The van der Waals surface area contributed by atoms with Gasteiger partial charge in [-0.2, -0.15) is 0 Å². The van der Waals surface area contributed by atoms with E-state index in [9.17, 15) is 18.4 Å². The minimum Gasteiger partial charge on any atom is -0.376 e. The molecule has 1 heterocycles. The van der Waals surface area contributed by atoms with E-state index in [1.54, 1.807) is 6.07 Å². The lowest BCUT2D eigenvalue weighted by Crippen LogP contribution is -2.42. The van der Waals surface area contributed by atoms with E-state index in [1.807, 2.05) is 26.0 Å². The maximum absolute atomic E-state index is 13.6. The first-order valence-corrected chi connectivity index (χ1v) is 9.56. The van der Waals surface area contributed by atoms with Crippen molar-refractivity contribution in [3.05, 3.63) is 64.7 Å². The van der Waals surface area contributed by atoms with Crippen LogP contribution >= 0.6 is 0 Å². The second-order valence-electron chi connectivity index (χ2n) is 7.27. The van der Waals surface area contributed by atoms with Gasteiger partial charge >= 0.3 is 0 Å². The van der Waals surface area contributed by atoms with Crippen molar-refractivity contribution in [1.82, 2.24) is 4.90 Å². The average molecular weight is 402 g/mol. The fourth-order valence-corrected chi connectivity index (χ4v) is 3.36. The maximum Gasteiger partial charge on any atom is 0.254 e. The standard InChI is InChI=1S/C22H24F2N2O3/c1-14-5-3-7-20(15(14)2)25-21(27)13-26(12-19-6-4-8-29-19)22(28)16-9-17(23)11-18(24)10-16/h3,5,7,9-11,19H,4,6,8,12-13H2,1-2H3,(H,25,27)/t19-/m0/s1. The number of aryl methyl sites for hydroxylation is 1. The van der Waals surface area contributed by atoms with E-state index in [2.05, 4.69) is 5.32 Å². The number of carbonyl (C=O) groups excluding carboxylic acids is 2. The number of hydrogen-bond acceptors (Lipinski definition) is 3. The van der Waals surface area contributed by atoms with Crippen molar-refractivity contribution in [3.63, 3.8) is 0 Å². The summed E-state index contributed by atoms with van der Waals surface area (Å²) in [5.41, 5.74) is 2.49. The van der Waals surface area contributed by atoms with E-state index in [0.717, 1.165) is 36.1 Å². The molecule has 1 atom stereocenters. The van der Waals surface area contributed by atoms with Crippen LogP contribution in [-0.4, -0.2) is 42.5 Å². The first-order valence-electron chi connectivity index (χ1n) is 9.56. The van der Waals surface area contributed by atoms with Crippen molar-refractivity contribution in [1.29, 1.82) is 0 Å². The molecule has 0 aromatic heterocycles. The molecule has 29 heavy (non-hydrogen) atoms. The molecule has 0 radical (unpaired) electrons. The van der Waals surface area contributed by atoms with Gasteiger partial charge in [-0.25, -0.2) is 8.78 Å². The smallest absolute Gasteiger partial charge is 0.254 e. The number of anilines is 1. The van der Waals surface area contributed by atoms with Crippen LogP contribution in [0.1, 0.15) is 34.3 Å². The maximum atomic E-state index is 13.6. The van der Waals surface area contributed by atoms with Gasteiger partial charge in [0.25, 0.3) is 5.91 Å². The van der Waals surface area contributed by atoms with Gasteiger partial charge in [-0.1, -0.05) is 12.1 Å². The predicted molar refractivity (Wildman–Crippen MR) is 106 cm³/mol. The lowest BCUT2D eigenvalue weighted by Gasteiger charge is -2.25. The zero-order valence-corrected chi connectivity index (χ0v) is 16.5.